The molecular formula is C25H24N2O8S. The van der Waals surface area contributed by atoms with Crippen LogP contribution in [-0.4, -0.2) is 47.1 Å². The Hall–Kier alpha value is -4.38. The van der Waals surface area contributed by atoms with Gasteiger partial charge in [0.25, 0.3) is 15.9 Å². The molecule has 0 aliphatic carbocycles. The lowest BCUT2D eigenvalue weighted by molar-refractivity contribution is -0.118. The van der Waals surface area contributed by atoms with E-state index in [0.717, 1.165) is 5.56 Å². The summed E-state index contributed by atoms with van der Waals surface area (Å²) in [6.07, 6.45) is 0. The van der Waals surface area contributed by atoms with Crippen molar-refractivity contribution in [2.45, 2.75) is 11.8 Å². The molecule has 0 radical (unpaired) electrons. The van der Waals surface area contributed by atoms with Gasteiger partial charge in [-0.15, -0.1) is 0 Å². The number of hydrogen-bond donors (Lipinski definition) is 2. The highest BCUT2D eigenvalue weighted by Gasteiger charge is 2.17. The molecule has 0 saturated heterocycles. The van der Waals surface area contributed by atoms with Gasteiger partial charge in [-0.05, 0) is 61.0 Å². The molecule has 3 rings (SSSR count). The molecule has 3 aromatic carbocycles. The van der Waals surface area contributed by atoms with Crippen molar-refractivity contribution < 1.29 is 37.0 Å². The normalized spacial score (nSPS) is 10.8. The van der Waals surface area contributed by atoms with E-state index >= 15 is 0 Å². The van der Waals surface area contributed by atoms with Crippen molar-refractivity contribution in [2.24, 2.45) is 0 Å². The number of esters is 2. The van der Waals surface area contributed by atoms with Crippen LogP contribution in [-0.2, 0) is 24.3 Å². The van der Waals surface area contributed by atoms with Crippen LogP contribution in [0.3, 0.4) is 0 Å². The molecule has 0 aromatic heterocycles. The van der Waals surface area contributed by atoms with E-state index in [1.807, 2.05) is 6.07 Å². The molecular weight excluding hydrogens is 488 g/mol. The van der Waals surface area contributed by atoms with Gasteiger partial charge >= 0.3 is 11.9 Å². The van der Waals surface area contributed by atoms with Gasteiger partial charge in [-0.25, -0.2) is 18.0 Å². The molecule has 0 spiro atoms. The summed E-state index contributed by atoms with van der Waals surface area (Å²) < 4.78 is 42.6. The monoisotopic (exact) mass is 512 g/mol. The summed E-state index contributed by atoms with van der Waals surface area (Å²) in [5.41, 5.74) is 1.51. The number of sulfonamides is 1. The maximum atomic E-state index is 12.6. The lowest BCUT2D eigenvalue weighted by Crippen LogP contribution is -2.21. The Morgan fingerprint density at radius 2 is 1.42 bits per heavy atom. The number of ether oxygens (including phenoxy) is 3. The minimum Gasteiger partial charge on any atom is -0.484 e. The number of hydrogen-bond acceptors (Lipinski definition) is 8. The molecule has 188 valence electrons. The summed E-state index contributed by atoms with van der Waals surface area (Å²) in [5, 5.41) is 2.53. The van der Waals surface area contributed by atoms with Gasteiger partial charge in [0, 0.05) is 5.69 Å². The van der Waals surface area contributed by atoms with E-state index in [1.165, 1.54) is 56.7 Å². The number of amides is 1. The van der Waals surface area contributed by atoms with Crippen molar-refractivity contribution in [3.8, 4) is 5.75 Å². The smallest absolute Gasteiger partial charge is 0.337 e. The number of aryl methyl sites for hydroxylation is 1. The van der Waals surface area contributed by atoms with Crippen molar-refractivity contribution in [2.75, 3.05) is 30.9 Å². The average molecular weight is 513 g/mol. The highest BCUT2D eigenvalue weighted by Crippen LogP contribution is 2.22. The molecule has 10 nitrogen and oxygen atoms in total. The van der Waals surface area contributed by atoms with Crippen LogP contribution in [0, 0.1) is 6.92 Å². The van der Waals surface area contributed by atoms with Crippen LogP contribution in [0.15, 0.2) is 71.6 Å². The van der Waals surface area contributed by atoms with Crippen molar-refractivity contribution in [3.05, 3.63) is 83.4 Å². The molecule has 11 heteroatoms. The summed E-state index contributed by atoms with van der Waals surface area (Å²) >= 11 is 0. The predicted octanol–water partition coefficient (Wildman–Crippen LogP) is 3.39. The van der Waals surface area contributed by atoms with Gasteiger partial charge in [0.2, 0.25) is 0 Å². The Bertz CT molecular complexity index is 1350. The molecule has 0 aliphatic heterocycles. The van der Waals surface area contributed by atoms with Gasteiger partial charge in [-0.3, -0.25) is 9.52 Å². The summed E-state index contributed by atoms with van der Waals surface area (Å²) in [5.74, 6) is -1.71. The third kappa shape index (κ3) is 6.60. The second-order valence-corrected chi connectivity index (χ2v) is 9.19. The van der Waals surface area contributed by atoms with Crippen LogP contribution < -0.4 is 14.8 Å². The predicted molar refractivity (Wildman–Crippen MR) is 132 cm³/mol. The number of benzene rings is 3. The topological polar surface area (TPSA) is 137 Å². The molecule has 0 saturated carbocycles. The van der Waals surface area contributed by atoms with Gasteiger partial charge in [-0.2, -0.15) is 0 Å². The number of carbonyl (C=O) groups is 3. The van der Waals surface area contributed by atoms with Gasteiger partial charge in [0.1, 0.15) is 5.75 Å². The summed E-state index contributed by atoms with van der Waals surface area (Å²) in [6, 6.07) is 16.5. The molecule has 0 aliphatic rings. The second-order valence-electron chi connectivity index (χ2n) is 7.51. The third-order valence-corrected chi connectivity index (χ3v) is 6.33. The van der Waals surface area contributed by atoms with E-state index in [1.54, 1.807) is 25.1 Å². The van der Waals surface area contributed by atoms with Crippen molar-refractivity contribution in [3.63, 3.8) is 0 Å². The van der Waals surface area contributed by atoms with Crippen LogP contribution >= 0.6 is 0 Å². The van der Waals surface area contributed by atoms with Gasteiger partial charge < -0.3 is 19.5 Å². The molecule has 3 aromatic rings. The first-order valence-electron chi connectivity index (χ1n) is 10.6. The Morgan fingerprint density at radius 1 is 0.833 bits per heavy atom. The molecule has 1 amide bonds. The Morgan fingerprint density at radius 3 is 1.97 bits per heavy atom. The van der Waals surface area contributed by atoms with E-state index in [-0.39, 0.29) is 27.5 Å². The molecule has 0 heterocycles. The minimum absolute atomic E-state index is 0.0255. The molecule has 2 N–H and O–H groups in total. The first-order valence-corrected chi connectivity index (χ1v) is 12.0. The fraction of sp³-hybridized carbons (Fsp3) is 0.160. The number of nitrogens with one attached hydrogen (secondary N) is 2. The van der Waals surface area contributed by atoms with Crippen LogP contribution in [0.2, 0.25) is 0 Å². The van der Waals surface area contributed by atoms with E-state index in [2.05, 4.69) is 19.5 Å². The highest BCUT2D eigenvalue weighted by atomic mass is 32.2. The number of methoxy groups -OCH3 is 2. The van der Waals surface area contributed by atoms with Gasteiger partial charge in [0.05, 0.1) is 35.9 Å². The van der Waals surface area contributed by atoms with E-state index < -0.39 is 34.5 Å². The zero-order valence-corrected chi connectivity index (χ0v) is 20.5. The second kappa shape index (κ2) is 11.4. The zero-order valence-electron chi connectivity index (χ0n) is 19.7. The van der Waals surface area contributed by atoms with Gasteiger partial charge in [-0.1, -0.05) is 18.2 Å². The summed E-state index contributed by atoms with van der Waals surface area (Å²) in [7, 11) is -1.43. The Kier molecular flexibility index (Phi) is 8.28. The largest absolute Gasteiger partial charge is 0.484 e. The first kappa shape index (κ1) is 26.2. The van der Waals surface area contributed by atoms with Crippen molar-refractivity contribution >= 4 is 39.2 Å². The van der Waals surface area contributed by atoms with Crippen LogP contribution in [0.25, 0.3) is 0 Å². The van der Waals surface area contributed by atoms with Crippen LogP contribution in [0.4, 0.5) is 11.4 Å². The summed E-state index contributed by atoms with van der Waals surface area (Å²) in [6.45, 7) is 1.38. The van der Waals surface area contributed by atoms with Gasteiger partial charge in [0.15, 0.2) is 6.61 Å². The molecule has 0 atom stereocenters. The third-order valence-electron chi connectivity index (χ3n) is 4.95. The first-order chi connectivity index (χ1) is 17.1. The lowest BCUT2D eigenvalue weighted by atomic mass is 10.1. The number of carbonyl (C=O) groups excluding carboxylic acids is 3. The Balaban J connectivity index is 1.65. The molecule has 0 fully saturated rings. The maximum absolute atomic E-state index is 12.6. The van der Waals surface area contributed by atoms with Crippen molar-refractivity contribution in [1.29, 1.82) is 0 Å². The SMILES string of the molecule is COC(=O)c1cc(NC(=O)COc2ccc(S(=O)(=O)Nc3ccccc3C)cc2)cc(C(=O)OC)c1. The lowest BCUT2D eigenvalue weighted by Gasteiger charge is -2.12. The summed E-state index contributed by atoms with van der Waals surface area (Å²) in [4.78, 5) is 36.2. The van der Waals surface area contributed by atoms with E-state index in [9.17, 15) is 22.8 Å². The Labute approximate surface area is 208 Å². The van der Waals surface area contributed by atoms with Crippen LogP contribution in [0.5, 0.6) is 5.75 Å². The quantitative estimate of drug-likeness (QED) is 0.416. The fourth-order valence-electron chi connectivity index (χ4n) is 3.12. The maximum Gasteiger partial charge on any atom is 0.337 e. The minimum atomic E-state index is -3.81. The number of rotatable bonds is 9. The molecule has 0 unspecified atom stereocenters. The molecule has 0 bridgehead atoms. The number of anilines is 2. The number of para-hydroxylation sites is 1. The highest BCUT2D eigenvalue weighted by molar-refractivity contribution is 7.92. The van der Waals surface area contributed by atoms with E-state index in [4.69, 9.17) is 4.74 Å². The van der Waals surface area contributed by atoms with Crippen LogP contribution in [0.1, 0.15) is 26.3 Å². The average Bonchev–Trinajstić information content (AvgIpc) is 2.87. The zero-order chi connectivity index (χ0) is 26.3. The van der Waals surface area contributed by atoms with E-state index in [0.29, 0.717) is 5.69 Å². The fourth-order valence-corrected chi connectivity index (χ4v) is 4.25. The standard InChI is InChI=1S/C25H24N2O8S/c1-16-6-4-5-7-22(16)27-36(31,32)21-10-8-20(9-11-21)35-15-23(28)26-19-13-17(24(29)33-2)12-18(14-19)25(30)34-3/h4-14,27H,15H2,1-3H3,(H,26,28). The van der Waals surface area contributed by atoms with Crippen molar-refractivity contribution in [1.82, 2.24) is 0 Å². The molecule has 36 heavy (non-hydrogen) atoms.